The molecule has 0 aromatic carbocycles. The van der Waals surface area contributed by atoms with Gasteiger partial charge in [-0.1, -0.05) is 31.5 Å². The highest BCUT2D eigenvalue weighted by Gasteiger charge is 2.23. The normalized spacial score (nSPS) is 20.9. The summed E-state index contributed by atoms with van der Waals surface area (Å²) in [5, 5.41) is 12.3. The summed E-state index contributed by atoms with van der Waals surface area (Å²) in [6.45, 7) is 4.98. The number of thioether (sulfide) groups is 1. The second kappa shape index (κ2) is 7.88. The minimum atomic E-state index is 0.0731. The lowest BCUT2D eigenvalue weighted by molar-refractivity contribution is -0.119. The minimum absolute atomic E-state index is 0.0731. The molecule has 2 heterocycles. The van der Waals surface area contributed by atoms with Gasteiger partial charge in [-0.2, -0.15) is 0 Å². The Kier molecular flexibility index (Phi) is 5.60. The van der Waals surface area contributed by atoms with Crippen molar-refractivity contribution in [3.05, 3.63) is 18.4 Å². The average molecular weight is 348 g/mol. The van der Waals surface area contributed by atoms with Gasteiger partial charge in [0.25, 0.3) is 0 Å². The van der Waals surface area contributed by atoms with Gasteiger partial charge in [0.1, 0.15) is 0 Å². The molecule has 24 heavy (non-hydrogen) atoms. The molecule has 1 saturated carbocycles. The summed E-state index contributed by atoms with van der Waals surface area (Å²) in [5.41, 5.74) is 0. The molecular formula is C17H24N4O2S. The maximum atomic E-state index is 12.3. The van der Waals surface area contributed by atoms with Crippen molar-refractivity contribution in [2.45, 2.75) is 57.3 Å². The Morgan fingerprint density at radius 1 is 1.42 bits per heavy atom. The maximum Gasteiger partial charge on any atom is 0.230 e. The first-order chi connectivity index (χ1) is 11.7. The predicted molar refractivity (Wildman–Crippen MR) is 93.7 cm³/mol. The molecule has 0 saturated heterocycles. The predicted octanol–water partition coefficient (Wildman–Crippen LogP) is 3.35. The highest BCUT2D eigenvalue weighted by molar-refractivity contribution is 7.99. The molecule has 0 bridgehead atoms. The molecule has 1 aliphatic rings. The van der Waals surface area contributed by atoms with E-state index in [0.29, 0.717) is 29.3 Å². The van der Waals surface area contributed by atoms with Crippen LogP contribution in [0.1, 0.15) is 39.5 Å². The zero-order valence-corrected chi connectivity index (χ0v) is 15.0. The van der Waals surface area contributed by atoms with Gasteiger partial charge in [0.2, 0.25) is 5.91 Å². The molecule has 0 aliphatic heterocycles. The summed E-state index contributed by atoms with van der Waals surface area (Å²) >= 11 is 1.42. The van der Waals surface area contributed by atoms with Gasteiger partial charge >= 0.3 is 0 Å². The monoisotopic (exact) mass is 348 g/mol. The van der Waals surface area contributed by atoms with E-state index < -0.39 is 0 Å². The van der Waals surface area contributed by atoms with Crippen LogP contribution in [0, 0.1) is 5.92 Å². The molecule has 1 aliphatic carbocycles. The van der Waals surface area contributed by atoms with Crippen molar-refractivity contribution in [2.75, 3.05) is 5.75 Å². The summed E-state index contributed by atoms with van der Waals surface area (Å²) in [4.78, 5) is 12.3. The largest absolute Gasteiger partial charge is 0.461 e. The van der Waals surface area contributed by atoms with Crippen LogP contribution in [0.25, 0.3) is 11.6 Å². The van der Waals surface area contributed by atoms with Crippen molar-refractivity contribution in [1.82, 2.24) is 20.1 Å². The van der Waals surface area contributed by atoms with E-state index in [1.807, 2.05) is 23.6 Å². The molecule has 7 heteroatoms. The summed E-state index contributed by atoms with van der Waals surface area (Å²) in [6.07, 6.45) is 6.40. The van der Waals surface area contributed by atoms with Crippen LogP contribution in [0.15, 0.2) is 28.0 Å². The van der Waals surface area contributed by atoms with Crippen LogP contribution in [0.5, 0.6) is 0 Å². The fraction of sp³-hybridized carbons (Fsp3) is 0.588. The number of carbonyl (C=O) groups excluding carboxylic acids is 1. The molecule has 2 aromatic heterocycles. The van der Waals surface area contributed by atoms with E-state index in [2.05, 4.69) is 22.4 Å². The third kappa shape index (κ3) is 3.83. The second-order valence-corrected chi connectivity index (χ2v) is 7.19. The molecule has 1 amide bonds. The van der Waals surface area contributed by atoms with E-state index in [1.54, 1.807) is 6.26 Å². The van der Waals surface area contributed by atoms with Gasteiger partial charge in [-0.25, -0.2) is 0 Å². The van der Waals surface area contributed by atoms with Crippen molar-refractivity contribution in [3.8, 4) is 11.6 Å². The SMILES string of the molecule is CCn1c(SCC(=O)N[C@@H]2CCCC[C@H]2C)nnc1-c1ccco1. The Morgan fingerprint density at radius 2 is 2.25 bits per heavy atom. The first-order valence-electron chi connectivity index (χ1n) is 8.58. The van der Waals surface area contributed by atoms with E-state index in [-0.39, 0.29) is 5.91 Å². The first kappa shape index (κ1) is 17.1. The number of aromatic nitrogens is 3. The number of hydrogen-bond acceptors (Lipinski definition) is 5. The highest BCUT2D eigenvalue weighted by Crippen LogP contribution is 2.25. The van der Waals surface area contributed by atoms with Crippen molar-refractivity contribution in [1.29, 1.82) is 0 Å². The van der Waals surface area contributed by atoms with Crippen molar-refractivity contribution in [3.63, 3.8) is 0 Å². The maximum absolute atomic E-state index is 12.3. The van der Waals surface area contributed by atoms with Crippen LogP contribution in [0.3, 0.4) is 0 Å². The highest BCUT2D eigenvalue weighted by atomic mass is 32.2. The summed E-state index contributed by atoms with van der Waals surface area (Å²) in [7, 11) is 0. The van der Waals surface area contributed by atoms with Crippen molar-refractivity contribution < 1.29 is 9.21 Å². The molecular weight excluding hydrogens is 324 g/mol. The number of nitrogens with zero attached hydrogens (tertiary/aromatic N) is 3. The lowest BCUT2D eigenvalue weighted by Gasteiger charge is -2.29. The number of nitrogens with one attached hydrogen (secondary N) is 1. The molecule has 1 N–H and O–H groups in total. The fourth-order valence-electron chi connectivity index (χ4n) is 3.18. The first-order valence-corrected chi connectivity index (χ1v) is 9.56. The van der Waals surface area contributed by atoms with Gasteiger partial charge in [0.05, 0.1) is 12.0 Å². The number of hydrogen-bond donors (Lipinski definition) is 1. The van der Waals surface area contributed by atoms with Gasteiger partial charge in [-0.15, -0.1) is 10.2 Å². The van der Waals surface area contributed by atoms with E-state index in [9.17, 15) is 4.79 Å². The quantitative estimate of drug-likeness (QED) is 0.811. The van der Waals surface area contributed by atoms with Gasteiger partial charge in [0, 0.05) is 12.6 Å². The van der Waals surface area contributed by atoms with Crippen LogP contribution in [0.4, 0.5) is 0 Å². The lowest BCUT2D eigenvalue weighted by atomic mass is 9.86. The van der Waals surface area contributed by atoms with Crippen molar-refractivity contribution in [2.24, 2.45) is 5.92 Å². The van der Waals surface area contributed by atoms with Gasteiger partial charge in [-0.3, -0.25) is 9.36 Å². The van der Waals surface area contributed by atoms with Crippen LogP contribution in [-0.4, -0.2) is 32.5 Å². The van der Waals surface area contributed by atoms with Gasteiger partial charge in [0.15, 0.2) is 16.7 Å². The minimum Gasteiger partial charge on any atom is -0.461 e. The smallest absolute Gasteiger partial charge is 0.230 e. The Bertz CT molecular complexity index is 668. The molecule has 3 rings (SSSR count). The number of furan rings is 1. The van der Waals surface area contributed by atoms with E-state index >= 15 is 0 Å². The number of carbonyl (C=O) groups is 1. The molecule has 0 radical (unpaired) electrons. The lowest BCUT2D eigenvalue weighted by Crippen LogP contribution is -2.41. The molecule has 2 atom stereocenters. The van der Waals surface area contributed by atoms with Gasteiger partial charge in [-0.05, 0) is 37.8 Å². The van der Waals surface area contributed by atoms with E-state index in [1.165, 1.54) is 31.0 Å². The fourth-order valence-corrected chi connectivity index (χ4v) is 3.99. The summed E-state index contributed by atoms with van der Waals surface area (Å²) in [5.74, 6) is 2.39. The molecule has 130 valence electrons. The average Bonchev–Trinajstić information content (AvgIpc) is 3.23. The topological polar surface area (TPSA) is 73.0 Å². The Balaban J connectivity index is 1.59. The Labute approximate surface area is 146 Å². The summed E-state index contributed by atoms with van der Waals surface area (Å²) in [6, 6.07) is 4.01. The zero-order valence-electron chi connectivity index (χ0n) is 14.2. The molecule has 0 spiro atoms. The standard InChI is InChI=1S/C17H24N4O2S/c1-3-21-16(14-9-6-10-23-14)19-20-17(21)24-11-15(22)18-13-8-5-4-7-12(13)2/h6,9-10,12-13H,3-5,7-8,11H2,1-2H3,(H,18,22)/t12-,13-/m1/s1. The third-order valence-electron chi connectivity index (χ3n) is 4.56. The third-order valence-corrected chi connectivity index (χ3v) is 5.53. The number of rotatable bonds is 6. The molecule has 2 aromatic rings. The van der Waals surface area contributed by atoms with Crippen LogP contribution in [-0.2, 0) is 11.3 Å². The van der Waals surface area contributed by atoms with E-state index in [0.717, 1.165) is 18.1 Å². The van der Waals surface area contributed by atoms with Crippen LogP contribution in [0.2, 0.25) is 0 Å². The Hall–Kier alpha value is -1.76. The molecule has 0 unspecified atom stereocenters. The molecule has 6 nitrogen and oxygen atoms in total. The van der Waals surface area contributed by atoms with Crippen LogP contribution >= 0.6 is 11.8 Å². The number of amides is 1. The second-order valence-electron chi connectivity index (χ2n) is 6.25. The van der Waals surface area contributed by atoms with E-state index in [4.69, 9.17) is 4.42 Å². The Morgan fingerprint density at radius 3 is 2.96 bits per heavy atom. The van der Waals surface area contributed by atoms with Gasteiger partial charge < -0.3 is 9.73 Å². The summed E-state index contributed by atoms with van der Waals surface area (Å²) < 4.78 is 7.37. The van der Waals surface area contributed by atoms with Crippen LogP contribution < -0.4 is 5.32 Å². The molecule has 1 fully saturated rings. The van der Waals surface area contributed by atoms with Crippen molar-refractivity contribution >= 4 is 17.7 Å². The zero-order chi connectivity index (χ0) is 16.9.